The van der Waals surface area contributed by atoms with Gasteiger partial charge in [-0.25, -0.2) is 8.42 Å². The first-order chi connectivity index (χ1) is 10.8. The number of carbonyl (C=O) groups is 1. The van der Waals surface area contributed by atoms with Gasteiger partial charge in [-0.05, 0) is 43.9 Å². The molecule has 23 heavy (non-hydrogen) atoms. The van der Waals surface area contributed by atoms with E-state index >= 15 is 0 Å². The number of rotatable bonds is 6. The topological polar surface area (TPSA) is 75.7 Å². The molecular weight excluding hydrogens is 316 g/mol. The largest absolute Gasteiger partial charge is 0.368 e. The van der Waals surface area contributed by atoms with E-state index in [4.69, 9.17) is 4.74 Å². The maximum atomic E-state index is 12.1. The quantitative estimate of drug-likeness (QED) is 0.848. The molecule has 1 aliphatic heterocycles. The standard InChI is InChI=1S/C16H24N2O4S/c1-12-6-4-7-14(13(12)2)18(23(3,20)21)10-9-17-16(19)15-8-5-11-22-15/h4,6-7,15H,5,8-11H2,1-3H3,(H,17,19). The number of benzene rings is 1. The highest BCUT2D eigenvalue weighted by atomic mass is 32.2. The van der Waals surface area contributed by atoms with Gasteiger partial charge in [0.15, 0.2) is 0 Å². The van der Waals surface area contributed by atoms with Crippen LogP contribution in [0, 0.1) is 13.8 Å². The number of ether oxygens (including phenoxy) is 1. The van der Waals surface area contributed by atoms with Crippen molar-refractivity contribution >= 4 is 21.6 Å². The molecule has 6 nitrogen and oxygen atoms in total. The lowest BCUT2D eigenvalue weighted by atomic mass is 10.1. The summed E-state index contributed by atoms with van der Waals surface area (Å²) in [6, 6.07) is 5.56. The molecule has 0 radical (unpaired) electrons. The number of aryl methyl sites for hydroxylation is 1. The Hall–Kier alpha value is -1.60. The normalized spacial score (nSPS) is 18.0. The van der Waals surface area contributed by atoms with Crippen LogP contribution in [0.1, 0.15) is 24.0 Å². The van der Waals surface area contributed by atoms with E-state index in [0.29, 0.717) is 12.3 Å². The average molecular weight is 340 g/mol. The summed E-state index contributed by atoms with van der Waals surface area (Å²) in [6.07, 6.45) is 2.38. The van der Waals surface area contributed by atoms with Crippen molar-refractivity contribution in [3.05, 3.63) is 29.3 Å². The third-order valence-corrected chi connectivity index (χ3v) is 5.26. The molecule has 1 amide bonds. The van der Waals surface area contributed by atoms with Crippen LogP contribution in [0.3, 0.4) is 0 Å². The molecule has 1 N–H and O–H groups in total. The van der Waals surface area contributed by atoms with Crippen LogP contribution in [-0.4, -0.2) is 46.4 Å². The lowest BCUT2D eigenvalue weighted by Crippen LogP contribution is -2.41. The van der Waals surface area contributed by atoms with E-state index in [0.717, 1.165) is 24.0 Å². The van der Waals surface area contributed by atoms with Crippen molar-refractivity contribution in [2.75, 3.05) is 30.3 Å². The number of hydrogen-bond donors (Lipinski definition) is 1. The molecule has 0 bridgehead atoms. The Bertz CT molecular complexity index is 667. The zero-order valence-corrected chi connectivity index (χ0v) is 14.6. The summed E-state index contributed by atoms with van der Waals surface area (Å²) in [5.41, 5.74) is 2.60. The van der Waals surface area contributed by atoms with Gasteiger partial charge in [0, 0.05) is 13.2 Å². The molecule has 1 aromatic carbocycles. The molecule has 2 rings (SSSR count). The number of sulfonamides is 1. The number of nitrogens with zero attached hydrogens (tertiary/aromatic N) is 1. The predicted molar refractivity (Wildman–Crippen MR) is 90.1 cm³/mol. The highest BCUT2D eigenvalue weighted by Gasteiger charge is 2.24. The van der Waals surface area contributed by atoms with E-state index in [9.17, 15) is 13.2 Å². The minimum absolute atomic E-state index is 0.170. The molecule has 1 heterocycles. The van der Waals surface area contributed by atoms with Crippen molar-refractivity contribution in [1.29, 1.82) is 0 Å². The monoisotopic (exact) mass is 340 g/mol. The molecule has 1 atom stereocenters. The Morgan fingerprint density at radius 1 is 1.39 bits per heavy atom. The molecule has 1 fully saturated rings. The van der Waals surface area contributed by atoms with Crippen LogP contribution in [0.25, 0.3) is 0 Å². The fraction of sp³-hybridized carbons (Fsp3) is 0.562. The van der Waals surface area contributed by atoms with Crippen LogP contribution >= 0.6 is 0 Å². The van der Waals surface area contributed by atoms with Crippen LogP contribution in [0.2, 0.25) is 0 Å². The van der Waals surface area contributed by atoms with Crippen LogP contribution in [0.15, 0.2) is 18.2 Å². The summed E-state index contributed by atoms with van der Waals surface area (Å²) in [7, 11) is -3.42. The third-order valence-electron chi connectivity index (χ3n) is 4.08. The van der Waals surface area contributed by atoms with E-state index in [2.05, 4.69) is 5.32 Å². The van der Waals surface area contributed by atoms with Gasteiger partial charge in [-0.15, -0.1) is 0 Å². The number of anilines is 1. The summed E-state index contributed by atoms with van der Waals surface area (Å²) < 4.78 is 30.9. The van der Waals surface area contributed by atoms with Gasteiger partial charge in [-0.3, -0.25) is 9.10 Å². The first-order valence-corrected chi connectivity index (χ1v) is 9.59. The molecule has 0 aliphatic carbocycles. The zero-order valence-electron chi connectivity index (χ0n) is 13.8. The van der Waals surface area contributed by atoms with Gasteiger partial charge in [0.05, 0.1) is 18.5 Å². The first-order valence-electron chi connectivity index (χ1n) is 7.74. The van der Waals surface area contributed by atoms with Crippen molar-refractivity contribution in [3.8, 4) is 0 Å². The zero-order chi connectivity index (χ0) is 17.0. The molecule has 0 saturated carbocycles. The maximum absolute atomic E-state index is 12.1. The second-order valence-corrected chi connectivity index (χ2v) is 7.75. The fourth-order valence-corrected chi connectivity index (χ4v) is 3.63. The van der Waals surface area contributed by atoms with Crippen LogP contribution in [-0.2, 0) is 19.6 Å². The van der Waals surface area contributed by atoms with Gasteiger partial charge in [-0.2, -0.15) is 0 Å². The molecular formula is C16H24N2O4S. The fourth-order valence-electron chi connectivity index (χ4n) is 2.65. The number of carbonyl (C=O) groups excluding carboxylic acids is 1. The average Bonchev–Trinajstić information content (AvgIpc) is 3.00. The maximum Gasteiger partial charge on any atom is 0.249 e. The lowest BCUT2D eigenvalue weighted by molar-refractivity contribution is -0.129. The first kappa shape index (κ1) is 17.7. The highest BCUT2D eigenvalue weighted by molar-refractivity contribution is 7.92. The Balaban J connectivity index is 2.05. The van der Waals surface area contributed by atoms with Crippen LogP contribution in [0.4, 0.5) is 5.69 Å². The predicted octanol–water partition coefficient (Wildman–Crippen LogP) is 1.36. The van der Waals surface area contributed by atoms with Gasteiger partial charge < -0.3 is 10.1 Å². The van der Waals surface area contributed by atoms with E-state index in [1.54, 1.807) is 6.07 Å². The molecule has 1 saturated heterocycles. The molecule has 1 unspecified atom stereocenters. The van der Waals surface area contributed by atoms with E-state index in [1.807, 2.05) is 26.0 Å². The van der Waals surface area contributed by atoms with Gasteiger partial charge >= 0.3 is 0 Å². The Labute approximate surface area is 137 Å². The molecule has 0 spiro atoms. The van der Waals surface area contributed by atoms with E-state index in [1.165, 1.54) is 10.6 Å². The summed E-state index contributed by atoms with van der Waals surface area (Å²) in [6.45, 7) is 4.89. The molecule has 0 aromatic heterocycles. The summed E-state index contributed by atoms with van der Waals surface area (Å²) in [5.74, 6) is -0.170. The molecule has 128 valence electrons. The van der Waals surface area contributed by atoms with Crippen molar-refractivity contribution < 1.29 is 17.9 Å². The molecule has 7 heteroatoms. The Morgan fingerprint density at radius 2 is 2.13 bits per heavy atom. The second-order valence-electron chi connectivity index (χ2n) is 5.85. The summed E-state index contributed by atoms with van der Waals surface area (Å²) >= 11 is 0. The summed E-state index contributed by atoms with van der Waals surface area (Å²) in [4.78, 5) is 11.9. The van der Waals surface area contributed by atoms with Crippen molar-refractivity contribution in [1.82, 2.24) is 5.32 Å². The smallest absolute Gasteiger partial charge is 0.249 e. The van der Waals surface area contributed by atoms with Crippen LogP contribution < -0.4 is 9.62 Å². The van der Waals surface area contributed by atoms with Gasteiger partial charge in [0.25, 0.3) is 0 Å². The number of amides is 1. The Morgan fingerprint density at radius 3 is 2.74 bits per heavy atom. The number of hydrogen-bond acceptors (Lipinski definition) is 4. The minimum Gasteiger partial charge on any atom is -0.368 e. The molecule has 1 aliphatic rings. The minimum atomic E-state index is -3.42. The second kappa shape index (κ2) is 7.31. The van der Waals surface area contributed by atoms with Gasteiger partial charge in [0.1, 0.15) is 6.10 Å². The van der Waals surface area contributed by atoms with Crippen molar-refractivity contribution in [2.45, 2.75) is 32.8 Å². The van der Waals surface area contributed by atoms with Crippen molar-refractivity contribution in [2.24, 2.45) is 0 Å². The Kier molecular flexibility index (Phi) is 5.64. The highest BCUT2D eigenvalue weighted by Crippen LogP contribution is 2.24. The summed E-state index contributed by atoms with van der Waals surface area (Å²) in [5, 5.41) is 2.76. The van der Waals surface area contributed by atoms with E-state index < -0.39 is 16.1 Å². The third kappa shape index (κ3) is 4.45. The molecule has 1 aromatic rings. The lowest BCUT2D eigenvalue weighted by Gasteiger charge is -2.25. The van der Waals surface area contributed by atoms with E-state index in [-0.39, 0.29) is 19.0 Å². The van der Waals surface area contributed by atoms with Crippen LogP contribution in [0.5, 0.6) is 0 Å². The van der Waals surface area contributed by atoms with Gasteiger partial charge in [-0.1, -0.05) is 12.1 Å². The number of nitrogens with one attached hydrogen (secondary N) is 1. The SMILES string of the molecule is Cc1cccc(N(CCNC(=O)C2CCCO2)S(C)(=O)=O)c1C. The van der Waals surface area contributed by atoms with Gasteiger partial charge in [0.2, 0.25) is 15.9 Å². The van der Waals surface area contributed by atoms with Crippen molar-refractivity contribution in [3.63, 3.8) is 0 Å².